The van der Waals surface area contributed by atoms with Crippen molar-refractivity contribution in [1.29, 1.82) is 0 Å². The summed E-state index contributed by atoms with van der Waals surface area (Å²) in [6, 6.07) is 4.35. The molecule has 0 aliphatic carbocycles. The molecule has 4 N–H and O–H groups in total. The summed E-state index contributed by atoms with van der Waals surface area (Å²) in [5.41, 5.74) is 6.61. The first-order valence-corrected chi connectivity index (χ1v) is 6.73. The van der Waals surface area contributed by atoms with Crippen LogP contribution in [0.15, 0.2) is 23.4 Å². The number of aliphatic hydroxyl groups excluding tert-OH is 1. The topological polar surface area (TPSA) is 82.1 Å². The summed E-state index contributed by atoms with van der Waals surface area (Å²) in [5, 5.41) is 21.0. The lowest BCUT2D eigenvalue weighted by atomic mass is 10.1. The van der Waals surface area contributed by atoms with Crippen LogP contribution < -0.4 is 10.6 Å². The number of aliphatic hydroxyl groups is 1. The Balaban J connectivity index is 3.32. The molecule has 1 aromatic rings. The Hall–Kier alpha value is -1.82. The van der Waals surface area contributed by atoms with Crippen LogP contribution in [-0.2, 0) is 0 Å². The average Bonchev–Trinajstić information content (AvgIpc) is 2.46. The zero-order chi connectivity index (χ0) is 15.1. The molecular formula is C14H22FN3O2. The molecule has 0 aliphatic rings. The van der Waals surface area contributed by atoms with E-state index in [0.29, 0.717) is 17.8 Å². The van der Waals surface area contributed by atoms with Gasteiger partial charge in [0, 0.05) is 23.8 Å². The fourth-order valence-corrected chi connectivity index (χ4v) is 2.35. The summed E-state index contributed by atoms with van der Waals surface area (Å²) in [5.74, 6) is -0.600. The lowest BCUT2D eigenvalue weighted by molar-refractivity contribution is 0.296. The molecule has 0 radical (unpaired) electrons. The van der Waals surface area contributed by atoms with E-state index in [0.717, 1.165) is 12.8 Å². The zero-order valence-corrected chi connectivity index (χ0v) is 11.9. The van der Waals surface area contributed by atoms with Crippen LogP contribution in [-0.4, -0.2) is 35.3 Å². The molecule has 0 bridgehead atoms. The molecule has 0 saturated carbocycles. The molecule has 1 aromatic carbocycles. The third kappa shape index (κ3) is 3.60. The van der Waals surface area contributed by atoms with Crippen molar-refractivity contribution in [3.8, 4) is 0 Å². The maximum atomic E-state index is 13.4. The van der Waals surface area contributed by atoms with Crippen molar-refractivity contribution in [3.05, 3.63) is 29.6 Å². The molecule has 1 rings (SSSR count). The lowest BCUT2D eigenvalue weighted by Crippen LogP contribution is -2.38. The van der Waals surface area contributed by atoms with Gasteiger partial charge in [-0.3, -0.25) is 0 Å². The van der Waals surface area contributed by atoms with E-state index >= 15 is 0 Å². The van der Waals surface area contributed by atoms with E-state index in [1.165, 1.54) is 12.1 Å². The summed E-state index contributed by atoms with van der Waals surface area (Å²) >= 11 is 0. The second kappa shape index (κ2) is 7.69. The molecule has 0 unspecified atom stereocenters. The molecule has 0 fully saturated rings. The fourth-order valence-electron chi connectivity index (χ4n) is 2.35. The SMILES string of the molecule is CCC(CC)N(CCO)c1ccc(F)cc1C(N)=NO. The Morgan fingerprint density at radius 3 is 2.55 bits per heavy atom. The monoisotopic (exact) mass is 283 g/mol. The number of rotatable bonds is 7. The Bertz CT molecular complexity index is 462. The molecule has 112 valence electrons. The highest BCUT2D eigenvalue weighted by atomic mass is 19.1. The van der Waals surface area contributed by atoms with Crippen LogP contribution in [0.2, 0.25) is 0 Å². The minimum atomic E-state index is -0.455. The second-order valence-corrected chi connectivity index (χ2v) is 4.53. The van der Waals surface area contributed by atoms with Crippen molar-refractivity contribution in [3.63, 3.8) is 0 Å². The van der Waals surface area contributed by atoms with Crippen LogP contribution in [0.5, 0.6) is 0 Å². The maximum absolute atomic E-state index is 13.4. The summed E-state index contributed by atoms with van der Waals surface area (Å²) in [6.07, 6.45) is 1.76. The summed E-state index contributed by atoms with van der Waals surface area (Å²) in [7, 11) is 0. The fraction of sp³-hybridized carbons (Fsp3) is 0.500. The molecular weight excluding hydrogens is 261 g/mol. The van der Waals surface area contributed by atoms with E-state index in [9.17, 15) is 9.50 Å². The summed E-state index contributed by atoms with van der Waals surface area (Å²) in [4.78, 5) is 1.97. The quantitative estimate of drug-likeness (QED) is 0.309. The molecule has 20 heavy (non-hydrogen) atoms. The molecule has 0 aliphatic heterocycles. The predicted octanol–water partition coefficient (Wildman–Crippen LogP) is 1.91. The average molecular weight is 283 g/mol. The number of nitrogens with two attached hydrogens (primary N) is 1. The molecule has 0 heterocycles. The number of halogens is 1. The van der Waals surface area contributed by atoms with Crippen LogP contribution in [0, 0.1) is 5.82 Å². The molecule has 0 aromatic heterocycles. The van der Waals surface area contributed by atoms with Gasteiger partial charge in [0.2, 0.25) is 0 Å². The Kier molecular flexibility index (Phi) is 6.24. The van der Waals surface area contributed by atoms with Gasteiger partial charge in [0.05, 0.1) is 6.61 Å². The van der Waals surface area contributed by atoms with Crippen LogP contribution >= 0.6 is 0 Å². The minimum Gasteiger partial charge on any atom is -0.409 e. The number of hydrogen-bond donors (Lipinski definition) is 3. The highest BCUT2D eigenvalue weighted by molar-refractivity contribution is 6.02. The molecule has 0 amide bonds. The number of benzene rings is 1. The van der Waals surface area contributed by atoms with Crippen molar-refractivity contribution >= 4 is 11.5 Å². The van der Waals surface area contributed by atoms with Gasteiger partial charge in [-0.15, -0.1) is 0 Å². The highest BCUT2D eigenvalue weighted by Gasteiger charge is 2.20. The number of oxime groups is 1. The lowest BCUT2D eigenvalue weighted by Gasteiger charge is -2.33. The standard InChI is InChI=1S/C14H22FN3O2/c1-3-11(4-2)18(7-8-19)13-6-5-10(15)9-12(13)14(16)17-20/h5-6,9,11,19-20H,3-4,7-8H2,1-2H3,(H2,16,17). The van der Waals surface area contributed by atoms with Gasteiger partial charge in [-0.25, -0.2) is 4.39 Å². The van der Waals surface area contributed by atoms with Gasteiger partial charge in [0.1, 0.15) is 5.82 Å². The van der Waals surface area contributed by atoms with Crippen molar-refractivity contribution < 1.29 is 14.7 Å². The van der Waals surface area contributed by atoms with Gasteiger partial charge in [-0.2, -0.15) is 0 Å². The first-order valence-electron chi connectivity index (χ1n) is 6.73. The third-order valence-corrected chi connectivity index (χ3v) is 3.38. The largest absolute Gasteiger partial charge is 0.409 e. The Morgan fingerprint density at radius 2 is 2.05 bits per heavy atom. The van der Waals surface area contributed by atoms with Crippen molar-refractivity contribution in [2.75, 3.05) is 18.1 Å². The molecule has 6 heteroatoms. The van der Waals surface area contributed by atoms with Gasteiger partial charge >= 0.3 is 0 Å². The van der Waals surface area contributed by atoms with Crippen molar-refractivity contribution in [2.24, 2.45) is 10.9 Å². The molecule has 0 saturated heterocycles. The van der Waals surface area contributed by atoms with Gasteiger partial charge in [0.25, 0.3) is 0 Å². The number of anilines is 1. The molecule has 5 nitrogen and oxygen atoms in total. The van der Waals surface area contributed by atoms with Gasteiger partial charge in [-0.05, 0) is 31.0 Å². The number of amidine groups is 1. The van der Waals surface area contributed by atoms with E-state index in [1.54, 1.807) is 6.07 Å². The first kappa shape index (κ1) is 16.2. The van der Waals surface area contributed by atoms with E-state index in [4.69, 9.17) is 10.9 Å². The van der Waals surface area contributed by atoms with E-state index in [2.05, 4.69) is 5.16 Å². The van der Waals surface area contributed by atoms with Crippen LogP contribution in [0.3, 0.4) is 0 Å². The molecule has 0 spiro atoms. The Labute approximate surface area is 118 Å². The van der Waals surface area contributed by atoms with Crippen molar-refractivity contribution in [2.45, 2.75) is 32.7 Å². The number of hydrogen-bond acceptors (Lipinski definition) is 4. The summed E-state index contributed by atoms with van der Waals surface area (Å²) in [6.45, 7) is 4.48. The minimum absolute atomic E-state index is 0.0243. The first-order chi connectivity index (χ1) is 9.58. The van der Waals surface area contributed by atoms with E-state index in [-0.39, 0.29) is 18.5 Å². The summed E-state index contributed by atoms with van der Waals surface area (Å²) < 4.78 is 13.4. The number of nitrogens with zero attached hydrogens (tertiary/aromatic N) is 2. The van der Waals surface area contributed by atoms with E-state index in [1.807, 2.05) is 18.7 Å². The second-order valence-electron chi connectivity index (χ2n) is 4.53. The van der Waals surface area contributed by atoms with Crippen LogP contribution in [0.4, 0.5) is 10.1 Å². The normalized spacial score (nSPS) is 11.9. The van der Waals surface area contributed by atoms with Gasteiger partial charge in [0.15, 0.2) is 5.84 Å². The maximum Gasteiger partial charge on any atom is 0.172 e. The predicted molar refractivity (Wildman–Crippen MR) is 77.7 cm³/mol. The smallest absolute Gasteiger partial charge is 0.172 e. The van der Waals surface area contributed by atoms with Crippen LogP contribution in [0.1, 0.15) is 32.3 Å². The van der Waals surface area contributed by atoms with Crippen molar-refractivity contribution in [1.82, 2.24) is 0 Å². The van der Waals surface area contributed by atoms with E-state index < -0.39 is 5.82 Å². The molecule has 0 atom stereocenters. The third-order valence-electron chi connectivity index (χ3n) is 3.38. The van der Waals surface area contributed by atoms with Crippen LogP contribution in [0.25, 0.3) is 0 Å². The van der Waals surface area contributed by atoms with Gasteiger partial charge < -0.3 is 20.9 Å². The Morgan fingerprint density at radius 1 is 1.40 bits per heavy atom. The van der Waals surface area contributed by atoms with Gasteiger partial charge in [-0.1, -0.05) is 19.0 Å². The highest BCUT2D eigenvalue weighted by Crippen LogP contribution is 2.25. The zero-order valence-electron chi connectivity index (χ0n) is 11.9.